The largest absolute Gasteiger partial charge is 0.496 e. The first-order chi connectivity index (χ1) is 23.1. The molecule has 4 atom stereocenters. The number of methoxy groups -OCH3 is 2. The Bertz CT molecular complexity index is 1590. The zero-order valence-electron chi connectivity index (χ0n) is 29.3. The van der Waals surface area contributed by atoms with Crippen molar-refractivity contribution < 1.29 is 55.2 Å². The van der Waals surface area contributed by atoms with Crippen LogP contribution in [0.5, 0.6) is 5.75 Å². The van der Waals surface area contributed by atoms with Gasteiger partial charge < -0.3 is 24.2 Å². The number of carbonyl (C=O) groups is 2. The van der Waals surface area contributed by atoms with Gasteiger partial charge in [-0.15, -0.1) is 0 Å². The summed E-state index contributed by atoms with van der Waals surface area (Å²) in [7, 11) is 4.27. The van der Waals surface area contributed by atoms with Crippen molar-refractivity contribution in [1.29, 1.82) is 0 Å². The van der Waals surface area contributed by atoms with Crippen LogP contribution in [0.4, 0.5) is 26.3 Å². The zero-order valence-corrected chi connectivity index (χ0v) is 29.3. The molecule has 2 aromatic carbocycles. The molecule has 0 saturated carbocycles. The van der Waals surface area contributed by atoms with Crippen LogP contribution >= 0.6 is 0 Å². The second-order valence-electron chi connectivity index (χ2n) is 14.1. The van der Waals surface area contributed by atoms with E-state index in [4.69, 9.17) is 14.2 Å². The van der Waals surface area contributed by atoms with Gasteiger partial charge in [0.25, 0.3) is 5.91 Å². The number of aliphatic hydroxyl groups excluding tert-OH is 1. The number of rotatable bonds is 9. The lowest BCUT2D eigenvalue weighted by atomic mass is 9.72. The van der Waals surface area contributed by atoms with Crippen LogP contribution in [0, 0.1) is 11.3 Å². The number of hydrogen-bond acceptors (Lipinski definition) is 7. The van der Waals surface area contributed by atoms with Gasteiger partial charge in [0.15, 0.2) is 0 Å². The first-order valence-electron chi connectivity index (χ1n) is 16.2. The third-order valence-corrected chi connectivity index (χ3v) is 9.58. The number of ether oxygens (including phenoxy) is 3. The highest BCUT2D eigenvalue weighted by Crippen LogP contribution is 2.47. The lowest BCUT2D eigenvalue weighted by Crippen LogP contribution is -2.46. The van der Waals surface area contributed by atoms with Gasteiger partial charge in [-0.3, -0.25) is 4.79 Å². The maximum atomic E-state index is 13.7. The highest BCUT2D eigenvalue weighted by Gasteiger charge is 2.44. The third kappa shape index (κ3) is 8.29. The average Bonchev–Trinajstić information content (AvgIpc) is 3.31. The molecule has 8 nitrogen and oxygen atoms in total. The summed E-state index contributed by atoms with van der Waals surface area (Å²) in [6, 6.07) is 4.57. The van der Waals surface area contributed by atoms with Gasteiger partial charge in [-0.2, -0.15) is 26.3 Å². The van der Waals surface area contributed by atoms with Gasteiger partial charge >= 0.3 is 18.3 Å². The van der Waals surface area contributed by atoms with Crippen molar-refractivity contribution in [2.24, 2.45) is 11.3 Å². The van der Waals surface area contributed by atoms with Gasteiger partial charge in [-0.25, -0.2) is 9.69 Å². The number of halogens is 6. The van der Waals surface area contributed by atoms with E-state index in [0.29, 0.717) is 36.3 Å². The zero-order chi connectivity index (χ0) is 37.5. The minimum Gasteiger partial charge on any atom is -0.496 e. The normalized spacial score (nSPS) is 22.1. The molecular weight excluding hydrogens is 670 g/mol. The fraction of sp³-hybridized carbons (Fsp3) is 0.556. The summed E-state index contributed by atoms with van der Waals surface area (Å²) in [5, 5.41) is 11.0. The lowest BCUT2D eigenvalue weighted by molar-refractivity contribution is -0.150. The summed E-state index contributed by atoms with van der Waals surface area (Å²) < 4.78 is 98.1. The molecule has 0 radical (unpaired) electrons. The number of aliphatic hydroxyl groups is 1. The first kappa shape index (κ1) is 39.2. The average molecular weight is 715 g/mol. The number of esters is 1. The maximum Gasteiger partial charge on any atom is 0.416 e. The first-order valence-corrected chi connectivity index (χ1v) is 16.2. The Morgan fingerprint density at radius 3 is 2.16 bits per heavy atom. The minimum absolute atomic E-state index is 0.0565. The van der Waals surface area contributed by atoms with Crippen LogP contribution in [-0.2, 0) is 26.6 Å². The van der Waals surface area contributed by atoms with E-state index in [0.717, 1.165) is 17.6 Å². The second kappa shape index (κ2) is 14.5. The predicted octanol–water partition coefficient (Wildman–Crippen LogP) is 7.70. The number of alkyl halides is 6. The van der Waals surface area contributed by atoms with Crippen LogP contribution < -0.4 is 4.74 Å². The summed E-state index contributed by atoms with van der Waals surface area (Å²) in [6.45, 7) is 9.39. The van der Waals surface area contributed by atoms with Crippen molar-refractivity contribution in [1.82, 2.24) is 9.80 Å². The number of hydrogen-bond donors (Lipinski definition) is 1. The number of benzene rings is 2. The van der Waals surface area contributed by atoms with E-state index in [2.05, 4.69) is 13.8 Å². The van der Waals surface area contributed by atoms with Crippen molar-refractivity contribution in [2.75, 3.05) is 27.8 Å². The van der Waals surface area contributed by atoms with Crippen LogP contribution in [0.1, 0.15) is 92.6 Å². The highest BCUT2D eigenvalue weighted by molar-refractivity contribution is 5.98. The molecule has 0 spiro atoms. The number of amides is 1. The molecule has 1 aliphatic carbocycles. The fourth-order valence-corrected chi connectivity index (χ4v) is 6.94. The van der Waals surface area contributed by atoms with Crippen LogP contribution in [0.3, 0.4) is 0 Å². The molecule has 1 fully saturated rings. The van der Waals surface area contributed by atoms with Crippen LogP contribution in [-0.4, -0.2) is 73.1 Å². The van der Waals surface area contributed by atoms with E-state index in [1.54, 1.807) is 39.0 Å². The standard InChI is InChI=1S/C36H44F6N2O6/c1-19(2)29(32(46)49-8)43(6)31(45)21-9-10-28(48-7)27(15-21)26-11-12-34(4,5)17-23(26)18-44-20(3)30(50-33(44)47)22-13-24(35(37,38)39)16-25(14-22)36(40,41)42/h9-10,13-16,19-20,29-30,33,47H,11-12,17-18H2,1-8H3/t20-,29+,30-,33?/m0/s1. The van der Waals surface area contributed by atoms with E-state index in [1.807, 2.05) is 0 Å². The molecule has 50 heavy (non-hydrogen) atoms. The molecule has 1 aliphatic heterocycles. The highest BCUT2D eigenvalue weighted by atomic mass is 19.4. The summed E-state index contributed by atoms with van der Waals surface area (Å²) in [6.07, 6.45) is -11.2. The van der Waals surface area contributed by atoms with Crippen molar-refractivity contribution in [3.05, 3.63) is 69.8 Å². The Kier molecular flexibility index (Phi) is 11.4. The Hall–Kier alpha value is -3.62. The molecule has 1 heterocycles. The molecule has 2 aliphatic rings. The number of nitrogens with zero attached hydrogens (tertiary/aromatic N) is 2. The van der Waals surface area contributed by atoms with E-state index in [-0.39, 0.29) is 35.1 Å². The fourth-order valence-electron chi connectivity index (χ4n) is 6.94. The molecule has 1 unspecified atom stereocenters. The predicted molar refractivity (Wildman–Crippen MR) is 173 cm³/mol. The van der Waals surface area contributed by atoms with E-state index >= 15 is 0 Å². The summed E-state index contributed by atoms with van der Waals surface area (Å²) in [4.78, 5) is 29.0. The van der Waals surface area contributed by atoms with Crippen LogP contribution in [0.2, 0.25) is 0 Å². The molecule has 14 heteroatoms. The van der Waals surface area contributed by atoms with Crippen LogP contribution in [0.15, 0.2) is 42.0 Å². The smallest absolute Gasteiger partial charge is 0.416 e. The molecule has 2 aromatic rings. The number of likely N-dealkylation sites (N-methyl/N-ethyl adjacent to an activating group) is 1. The molecular formula is C36H44F6N2O6. The van der Waals surface area contributed by atoms with Gasteiger partial charge in [-0.05, 0) is 85.1 Å². The minimum atomic E-state index is -5.04. The Morgan fingerprint density at radius 1 is 1.04 bits per heavy atom. The second-order valence-corrected chi connectivity index (χ2v) is 14.1. The van der Waals surface area contributed by atoms with Crippen LogP contribution in [0.25, 0.3) is 5.57 Å². The van der Waals surface area contributed by atoms with Crippen molar-refractivity contribution in [3.63, 3.8) is 0 Å². The maximum absolute atomic E-state index is 13.7. The number of allylic oxidation sites excluding steroid dienone is 1. The topological polar surface area (TPSA) is 88.5 Å². The quantitative estimate of drug-likeness (QED) is 0.210. The van der Waals surface area contributed by atoms with Crippen molar-refractivity contribution >= 4 is 17.4 Å². The van der Waals surface area contributed by atoms with Gasteiger partial charge in [-0.1, -0.05) is 33.3 Å². The molecule has 1 N–H and O–H groups in total. The van der Waals surface area contributed by atoms with E-state index in [1.165, 1.54) is 31.1 Å². The molecule has 1 amide bonds. The van der Waals surface area contributed by atoms with Crippen molar-refractivity contribution in [2.45, 2.75) is 90.8 Å². The summed E-state index contributed by atoms with van der Waals surface area (Å²) in [5.41, 5.74) is -0.923. The molecule has 0 bridgehead atoms. The Labute approximate surface area is 288 Å². The summed E-state index contributed by atoms with van der Waals surface area (Å²) >= 11 is 0. The van der Waals surface area contributed by atoms with E-state index in [9.17, 15) is 41.0 Å². The molecule has 276 valence electrons. The molecule has 4 rings (SSSR count). The Morgan fingerprint density at radius 2 is 1.64 bits per heavy atom. The summed E-state index contributed by atoms with van der Waals surface area (Å²) in [5.74, 6) is -0.740. The van der Waals surface area contributed by atoms with Gasteiger partial charge in [0.05, 0.1) is 25.3 Å². The lowest BCUT2D eigenvalue weighted by Gasteiger charge is -2.36. The van der Waals surface area contributed by atoms with E-state index < -0.39 is 60.0 Å². The molecule has 0 aromatic heterocycles. The van der Waals surface area contributed by atoms with Gasteiger partial charge in [0.2, 0.25) is 6.41 Å². The third-order valence-electron chi connectivity index (χ3n) is 9.58. The van der Waals surface area contributed by atoms with Crippen molar-refractivity contribution in [3.8, 4) is 5.75 Å². The van der Waals surface area contributed by atoms with Gasteiger partial charge in [0, 0.05) is 30.8 Å². The molecule has 1 saturated heterocycles. The number of carbonyl (C=O) groups excluding carboxylic acids is 2. The van der Waals surface area contributed by atoms with Gasteiger partial charge in [0.1, 0.15) is 17.9 Å². The Balaban J connectivity index is 1.75. The monoisotopic (exact) mass is 714 g/mol. The SMILES string of the molecule is COC(=O)[C@@H](C(C)C)N(C)C(=O)c1ccc(OC)c(C2=C(CN3C(O)O[C@H](c4cc(C(F)(F)F)cc(C(F)(F)F)c4)[C@@H]3C)CC(C)(C)CC2)c1.